The molecule has 0 aromatic rings. The molecule has 1 atom stereocenters. The van der Waals surface area contributed by atoms with Gasteiger partial charge in [-0.25, -0.2) is 0 Å². The second kappa shape index (κ2) is 5.79. The summed E-state index contributed by atoms with van der Waals surface area (Å²) in [6, 6.07) is 0. The van der Waals surface area contributed by atoms with Gasteiger partial charge in [0.25, 0.3) is 0 Å². The first kappa shape index (κ1) is 8.66. The fourth-order valence-corrected chi connectivity index (χ4v) is 0.563. The number of ether oxygens (including phenoxy) is 2. The van der Waals surface area contributed by atoms with Crippen LogP contribution in [0.15, 0.2) is 12.7 Å². The molecule has 0 aromatic carbocycles. The van der Waals surface area contributed by atoms with Crippen molar-refractivity contribution in [2.75, 3.05) is 20.3 Å². The van der Waals surface area contributed by atoms with Crippen molar-refractivity contribution >= 4 is 0 Å². The molecule has 0 aliphatic rings. The SMILES string of the molecule is C=CC(COC)OCC. The molecule has 0 heterocycles. The van der Waals surface area contributed by atoms with Crippen LogP contribution in [0, 0.1) is 0 Å². The lowest BCUT2D eigenvalue weighted by molar-refractivity contribution is 0.0323. The molecule has 2 heteroatoms. The minimum Gasteiger partial charge on any atom is -0.382 e. The van der Waals surface area contributed by atoms with Gasteiger partial charge in [0.15, 0.2) is 0 Å². The summed E-state index contributed by atoms with van der Waals surface area (Å²) in [5.74, 6) is 0. The lowest BCUT2D eigenvalue weighted by Gasteiger charge is -2.09. The van der Waals surface area contributed by atoms with E-state index < -0.39 is 0 Å². The van der Waals surface area contributed by atoms with E-state index in [0.717, 1.165) is 0 Å². The van der Waals surface area contributed by atoms with E-state index in [1.807, 2.05) is 6.92 Å². The van der Waals surface area contributed by atoms with Crippen molar-refractivity contribution in [2.24, 2.45) is 0 Å². The Kier molecular flexibility index (Phi) is 5.57. The van der Waals surface area contributed by atoms with Crippen LogP contribution in [0.1, 0.15) is 6.92 Å². The summed E-state index contributed by atoms with van der Waals surface area (Å²) in [7, 11) is 1.65. The van der Waals surface area contributed by atoms with Crippen molar-refractivity contribution in [3.05, 3.63) is 12.7 Å². The topological polar surface area (TPSA) is 18.5 Å². The Hall–Kier alpha value is -0.340. The second-order valence-corrected chi connectivity index (χ2v) is 1.68. The number of methoxy groups -OCH3 is 1. The third kappa shape index (κ3) is 4.18. The average Bonchev–Trinajstić information content (AvgIpc) is 1.88. The highest BCUT2D eigenvalue weighted by molar-refractivity contribution is 4.78. The first-order valence-electron chi connectivity index (χ1n) is 3.08. The summed E-state index contributed by atoms with van der Waals surface area (Å²) in [5.41, 5.74) is 0. The summed E-state index contributed by atoms with van der Waals surface area (Å²) in [6.07, 6.45) is 1.80. The van der Waals surface area contributed by atoms with Crippen LogP contribution in [0.25, 0.3) is 0 Å². The average molecular weight is 130 g/mol. The molecule has 0 aliphatic heterocycles. The van der Waals surface area contributed by atoms with Gasteiger partial charge in [-0.2, -0.15) is 0 Å². The van der Waals surface area contributed by atoms with Gasteiger partial charge in [0.2, 0.25) is 0 Å². The zero-order valence-corrected chi connectivity index (χ0v) is 6.09. The minimum absolute atomic E-state index is 0.0556. The van der Waals surface area contributed by atoms with Crippen molar-refractivity contribution < 1.29 is 9.47 Å². The predicted octanol–water partition coefficient (Wildman–Crippen LogP) is 1.22. The number of rotatable bonds is 5. The third-order valence-electron chi connectivity index (χ3n) is 0.975. The summed E-state index contributed by atoms with van der Waals surface area (Å²) in [5, 5.41) is 0. The Bertz CT molecular complexity index is 65.3. The second-order valence-electron chi connectivity index (χ2n) is 1.68. The van der Waals surface area contributed by atoms with Crippen molar-refractivity contribution in [2.45, 2.75) is 13.0 Å². The zero-order valence-electron chi connectivity index (χ0n) is 6.09. The molecule has 0 aromatic heterocycles. The maximum atomic E-state index is 5.19. The Morgan fingerprint density at radius 3 is 2.67 bits per heavy atom. The van der Waals surface area contributed by atoms with Gasteiger partial charge in [-0.3, -0.25) is 0 Å². The van der Waals surface area contributed by atoms with Gasteiger partial charge in [0, 0.05) is 13.7 Å². The summed E-state index contributed by atoms with van der Waals surface area (Å²) in [6.45, 7) is 6.85. The normalized spacial score (nSPS) is 13.1. The molecule has 0 bridgehead atoms. The molecule has 54 valence electrons. The monoisotopic (exact) mass is 130 g/mol. The van der Waals surface area contributed by atoms with Gasteiger partial charge in [-0.1, -0.05) is 6.08 Å². The molecular weight excluding hydrogens is 116 g/mol. The molecule has 0 saturated heterocycles. The lowest BCUT2D eigenvalue weighted by Crippen LogP contribution is -2.15. The molecule has 0 amide bonds. The molecule has 0 saturated carbocycles. The van der Waals surface area contributed by atoms with Crippen molar-refractivity contribution in [3.8, 4) is 0 Å². The Morgan fingerprint density at radius 2 is 2.33 bits per heavy atom. The highest BCUT2D eigenvalue weighted by Gasteiger charge is 1.99. The molecule has 2 nitrogen and oxygen atoms in total. The van der Waals surface area contributed by atoms with Gasteiger partial charge in [0.1, 0.15) is 0 Å². The van der Waals surface area contributed by atoms with Crippen molar-refractivity contribution in [3.63, 3.8) is 0 Å². The van der Waals surface area contributed by atoms with E-state index in [9.17, 15) is 0 Å². The highest BCUT2D eigenvalue weighted by Crippen LogP contribution is 1.92. The molecule has 0 spiro atoms. The predicted molar refractivity (Wildman–Crippen MR) is 37.5 cm³/mol. The van der Waals surface area contributed by atoms with Gasteiger partial charge in [-0.05, 0) is 6.92 Å². The summed E-state index contributed by atoms with van der Waals surface area (Å²) >= 11 is 0. The Morgan fingerprint density at radius 1 is 1.67 bits per heavy atom. The van der Waals surface area contributed by atoms with E-state index in [4.69, 9.17) is 9.47 Å². The molecule has 0 N–H and O–H groups in total. The smallest absolute Gasteiger partial charge is 0.0986 e. The summed E-state index contributed by atoms with van der Waals surface area (Å²) in [4.78, 5) is 0. The molecule has 0 fully saturated rings. The molecule has 9 heavy (non-hydrogen) atoms. The van der Waals surface area contributed by atoms with E-state index in [1.165, 1.54) is 0 Å². The zero-order chi connectivity index (χ0) is 7.11. The maximum Gasteiger partial charge on any atom is 0.0986 e. The first-order valence-corrected chi connectivity index (χ1v) is 3.08. The van der Waals surface area contributed by atoms with Crippen molar-refractivity contribution in [1.82, 2.24) is 0 Å². The fraction of sp³-hybridized carbons (Fsp3) is 0.714. The standard InChI is InChI=1S/C7H14O2/c1-4-7(6-8-3)9-5-2/h4,7H,1,5-6H2,2-3H3. The van der Waals surface area contributed by atoms with Crippen LogP contribution >= 0.6 is 0 Å². The van der Waals surface area contributed by atoms with E-state index >= 15 is 0 Å². The maximum absolute atomic E-state index is 5.19. The quantitative estimate of drug-likeness (QED) is 0.521. The molecule has 0 aliphatic carbocycles. The largest absolute Gasteiger partial charge is 0.382 e. The van der Waals surface area contributed by atoms with Crippen LogP contribution in [-0.4, -0.2) is 26.4 Å². The van der Waals surface area contributed by atoms with Crippen LogP contribution < -0.4 is 0 Å². The van der Waals surface area contributed by atoms with Gasteiger partial charge in [0.05, 0.1) is 12.7 Å². The molecule has 0 rings (SSSR count). The van der Waals surface area contributed by atoms with Gasteiger partial charge >= 0.3 is 0 Å². The van der Waals surface area contributed by atoms with E-state index in [1.54, 1.807) is 13.2 Å². The van der Waals surface area contributed by atoms with E-state index in [2.05, 4.69) is 6.58 Å². The van der Waals surface area contributed by atoms with E-state index in [0.29, 0.717) is 13.2 Å². The fourth-order valence-electron chi connectivity index (χ4n) is 0.563. The van der Waals surface area contributed by atoms with Crippen LogP contribution in [0.3, 0.4) is 0 Å². The Balaban J connectivity index is 3.29. The van der Waals surface area contributed by atoms with Crippen LogP contribution in [0.5, 0.6) is 0 Å². The van der Waals surface area contributed by atoms with E-state index in [-0.39, 0.29) is 6.10 Å². The van der Waals surface area contributed by atoms with Crippen LogP contribution in [0.4, 0.5) is 0 Å². The van der Waals surface area contributed by atoms with Crippen LogP contribution in [0.2, 0.25) is 0 Å². The first-order chi connectivity index (χ1) is 4.35. The van der Waals surface area contributed by atoms with Gasteiger partial charge < -0.3 is 9.47 Å². The minimum atomic E-state index is 0.0556. The molecule has 1 unspecified atom stereocenters. The Labute approximate surface area is 56.5 Å². The lowest BCUT2D eigenvalue weighted by atomic mass is 10.4. The molecular formula is C7H14O2. The van der Waals surface area contributed by atoms with Gasteiger partial charge in [-0.15, -0.1) is 6.58 Å². The van der Waals surface area contributed by atoms with Crippen molar-refractivity contribution in [1.29, 1.82) is 0 Å². The third-order valence-corrected chi connectivity index (χ3v) is 0.975. The summed E-state index contributed by atoms with van der Waals surface area (Å²) < 4.78 is 10.0. The highest BCUT2D eigenvalue weighted by atomic mass is 16.5. The van der Waals surface area contributed by atoms with Crippen LogP contribution in [-0.2, 0) is 9.47 Å². The number of hydrogen-bond donors (Lipinski definition) is 0. The molecule has 0 radical (unpaired) electrons. The number of hydrogen-bond acceptors (Lipinski definition) is 2.